The molecule has 1 spiro atoms. The fourth-order valence-electron chi connectivity index (χ4n) is 4.27. The van der Waals surface area contributed by atoms with E-state index in [9.17, 15) is 5.11 Å². The number of aliphatic imine (C=N–C) groups is 1. The third-order valence-corrected chi connectivity index (χ3v) is 6.14. The number of nitrogens with zero attached hydrogens (tertiary/aromatic N) is 1. The standard InChI is InChI=1S/C17H21BrN2O3/c1-2-16(21)6-5-14-12(8-16)17(9-22-15(19)20-17)11-7-10(18)3-4-13(11)23-14/h3-4,7,12,14,21H,2,5-6,8-9H2,1H3,(H2,19,20)/t12-,14-,16?,17?/m0/s1. The van der Waals surface area contributed by atoms with Crippen molar-refractivity contribution in [1.82, 2.24) is 0 Å². The Labute approximate surface area is 144 Å². The van der Waals surface area contributed by atoms with Gasteiger partial charge in [0.15, 0.2) is 0 Å². The first-order valence-corrected chi connectivity index (χ1v) is 8.92. The second kappa shape index (κ2) is 5.11. The predicted octanol–water partition coefficient (Wildman–Crippen LogP) is 2.69. The molecule has 2 aliphatic heterocycles. The molecule has 5 nitrogen and oxygen atoms in total. The fraction of sp³-hybridized carbons (Fsp3) is 0.588. The van der Waals surface area contributed by atoms with Gasteiger partial charge in [0.2, 0.25) is 0 Å². The quantitative estimate of drug-likeness (QED) is 0.784. The van der Waals surface area contributed by atoms with Crippen molar-refractivity contribution >= 4 is 22.0 Å². The van der Waals surface area contributed by atoms with Gasteiger partial charge in [0.05, 0.1) is 5.60 Å². The van der Waals surface area contributed by atoms with Gasteiger partial charge < -0.3 is 20.3 Å². The SMILES string of the molecule is CCC1(O)CC[C@@H]2Oc3ccc(Br)cc3C3(COC(N)=N3)[C@H]2C1. The molecule has 4 atom stereocenters. The van der Waals surface area contributed by atoms with Gasteiger partial charge in [0, 0.05) is 16.0 Å². The van der Waals surface area contributed by atoms with E-state index < -0.39 is 11.1 Å². The lowest BCUT2D eigenvalue weighted by atomic mass is 9.64. The van der Waals surface area contributed by atoms with Crippen LogP contribution in [-0.2, 0) is 10.3 Å². The summed E-state index contributed by atoms with van der Waals surface area (Å²) in [5.41, 5.74) is 5.65. The molecule has 3 aliphatic rings. The number of fused-ring (bicyclic) bond motifs is 4. The maximum Gasteiger partial charge on any atom is 0.283 e. The van der Waals surface area contributed by atoms with Gasteiger partial charge in [-0.15, -0.1) is 0 Å². The van der Waals surface area contributed by atoms with Crippen LogP contribution in [0, 0.1) is 5.92 Å². The Hall–Kier alpha value is -1.27. The Bertz CT molecular complexity index is 680. The lowest BCUT2D eigenvalue weighted by Gasteiger charge is -2.50. The Kier molecular flexibility index (Phi) is 3.39. The van der Waals surface area contributed by atoms with Crippen molar-refractivity contribution in [3.05, 3.63) is 28.2 Å². The molecule has 1 saturated carbocycles. The predicted molar refractivity (Wildman–Crippen MR) is 90.4 cm³/mol. The summed E-state index contributed by atoms with van der Waals surface area (Å²) in [6.45, 7) is 2.44. The van der Waals surface area contributed by atoms with Crippen LogP contribution >= 0.6 is 15.9 Å². The zero-order valence-electron chi connectivity index (χ0n) is 13.1. The Morgan fingerprint density at radius 3 is 3.00 bits per heavy atom. The highest BCUT2D eigenvalue weighted by Crippen LogP contribution is 2.54. The van der Waals surface area contributed by atoms with Crippen LogP contribution in [0.4, 0.5) is 0 Å². The van der Waals surface area contributed by atoms with E-state index in [0.29, 0.717) is 13.0 Å². The summed E-state index contributed by atoms with van der Waals surface area (Å²) in [5.74, 6) is 0.905. The molecule has 4 rings (SSSR count). The van der Waals surface area contributed by atoms with Gasteiger partial charge in [-0.25, -0.2) is 4.99 Å². The highest BCUT2D eigenvalue weighted by Gasteiger charge is 2.57. The number of rotatable bonds is 1. The lowest BCUT2D eigenvalue weighted by Crippen LogP contribution is -2.54. The smallest absolute Gasteiger partial charge is 0.283 e. The first-order chi connectivity index (χ1) is 11.0. The van der Waals surface area contributed by atoms with Crippen LogP contribution in [0.2, 0.25) is 0 Å². The molecule has 2 heterocycles. The van der Waals surface area contributed by atoms with Crippen LogP contribution in [0.1, 0.15) is 38.2 Å². The molecule has 1 aromatic rings. The van der Waals surface area contributed by atoms with Crippen molar-refractivity contribution in [2.45, 2.75) is 49.9 Å². The van der Waals surface area contributed by atoms with Gasteiger partial charge in [-0.2, -0.15) is 0 Å². The van der Waals surface area contributed by atoms with Gasteiger partial charge in [-0.1, -0.05) is 22.9 Å². The van der Waals surface area contributed by atoms with E-state index in [1.807, 2.05) is 25.1 Å². The summed E-state index contributed by atoms with van der Waals surface area (Å²) in [6, 6.07) is 6.21. The monoisotopic (exact) mass is 380 g/mol. The van der Waals surface area contributed by atoms with Gasteiger partial charge in [-0.05, 0) is 43.9 Å². The third kappa shape index (κ3) is 2.26. The highest BCUT2D eigenvalue weighted by atomic mass is 79.9. The molecule has 6 heteroatoms. The molecule has 0 amide bonds. The van der Waals surface area contributed by atoms with Crippen molar-refractivity contribution in [2.24, 2.45) is 16.6 Å². The maximum absolute atomic E-state index is 10.8. The molecule has 23 heavy (non-hydrogen) atoms. The van der Waals surface area contributed by atoms with E-state index in [1.54, 1.807) is 0 Å². The molecule has 0 radical (unpaired) electrons. The highest BCUT2D eigenvalue weighted by molar-refractivity contribution is 9.10. The van der Waals surface area contributed by atoms with E-state index >= 15 is 0 Å². The molecule has 1 fully saturated rings. The van der Waals surface area contributed by atoms with Gasteiger partial charge in [-0.3, -0.25) is 0 Å². The molecule has 1 aliphatic carbocycles. The van der Waals surface area contributed by atoms with E-state index in [2.05, 4.69) is 15.9 Å². The average Bonchev–Trinajstić information content (AvgIpc) is 2.93. The zero-order valence-corrected chi connectivity index (χ0v) is 14.7. The molecule has 2 unspecified atom stereocenters. The van der Waals surface area contributed by atoms with Crippen molar-refractivity contribution in [3.8, 4) is 5.75 Å². The van der Waals surface area contributed by atoms with Crippen LogP contribution in [0.25, 0.3) is 0 Å². The van der Waals surface area contributed by atoms with Crippen molar-refractivity contribution in [2.75, 3.05) is 6.61 Å². The summed E-state index contributed by atoms with van der Waals surface area (Å²) >= 11 is 3.53. The second-order valence-electron chi connectivity index (χ2n) is 6.89. The summed E-state index contributed by atoms with van der Waals surface area (Å²) in [6.07, 6.45) is 3.00. The number of aliphatic hydroxyl groups is 1. The number of ether oxygens (including phenoxy) is 2. The Balaban J connectivity index is 1.86. The average molecular weight is 381 g/mol. The minimum absolute atomic E-state index is 0.0359. The molecule has 0 saturated heterocycles. The normalized spacial score (nSPS) is 38.3. The summed E-state index contributed by atoms with van der Waals surface area (Å²) in [5, 5.41) is 10.8. The van der Waals surface area contributed by atoms with Crippen LogP contribution in [0.3, 0.4) is 0 Å². The summed E-state index contributed by atoms with van der Waals surface area (Å²) in [4.78, 5) is 4.71. The number of hydrogen-bond donors (Lipinski definition) is 2. The molecular formula is C17H21BrN2O3. The molecule has 124 valence electrons. The zero-order chi connectivity index (χ0) is 16.2. The van der Waals surface area contributed by atoms with E-state index in [1.165, 1.54) is 0 Å². The number of amidine groups is 1. The Morgan fingerprint density at radius 2 is 2.30 bits per heavy atom. The molecule has 3 N–H and O–H groups in total. The van der Waals surface area contributed by atoms with Crippen LogP contribution in [0.5, 0.6) is 5.75 Å². The van der Waals surface area contributed by atoms with E-state index in [0.717, 1.165) is 35.0 Å². The van der Waals surface area contributed by atoms with Crippen LogP contribution in [0.15, 0.2) is 27.7 Å². The second-order valence-corrected chi connectivity index (χ2v) is 7.80. The largest absolute Gasteiger partial charge is 0.490 e. The van der Waals surface area contributed by atoms with Gasteiger partial charge in [0.25, 0.3) is 6.02 Å². The number of hydrogen-bond acceptors (Lipinski definition) is 5. The minimum Gasteiger partial charge on any atom is -0.490 e. The first-order valence-electron chi connectivity index (χ1n) is 8.13. The third-order valence-electron chi connectivity index (χ3n) is 5.65. The summed E-state index contributed by atoms with van der Waals surface area (Å²) in [7, 11) is 0. The van der Waals surface area contributed by atoms with Gasteiger partial charge >= 0.3 is 0 Å². The number of benzene rings is 1. The van der Waals surface area contributed by atoms with E-state index in [4.69, 9.17) is 20.2 Å². The molecule has 0 bridgehead atoms. The topological polar surface area (TPSA) is 77.1 Å². The molecular weight excluding hydrogens is 360 g/mol. The van der Waals surface area contributed by atoms with E-state index in [-0.39, 0.29) is 18.0 Å². The molecule has 0 aromatic heterocycles. The maximum atomic E-state index is 10.8. The lowest BCUT2D eigenvalue weighted by molar-refractivity contribution is -0.0913. The molecule has 1 aromatic carbocycles. The first kappa shape index (κ1) is 15.3. The summed E-state index contributed by atoms with van der Waals surface area (Å²) < 4.78 is 12.8. The minimum atomic E-state index is -0.659. The number of nitrogens with two attached hydrogens (primary N) is 1. The van der Waals surface area contributed by atoms with Crippen molar-refractivity contribution in [3.63, 3.8) is 0 Å². The van der Waals surface area contributed by atoms with Gasteiger partial charge in [0.1, 0.15) is 24.0 Å². The van der Waals surface area contributed by atoms with Crippen LogP contribution < -0.4 is 10.5 Å². The number of halogens is 1. The van der Waals surface area contributed by atoms with Crippen molar-refractivity contribution in [1.29, 1.82) is 0 Å². The van der Waals surface area contributed by atoms with Crippen molar-refractivity contribution < 1.29 is 14.6 Å². The Morgan fingerprint density at radius 1 is 1.48 bits per heavy atom. The van der Waals surface area contributed by atoms with Crippen LogP contribution in [-0.4, -0.2) is 29.4 Å². The fourth-order valence-corrected chi connectivity index (χ4v) is 4.63.